The van der Waals surface area contributed by atoms with E-state index in [1.807, 2.05) is 0 Å². The number of urea groups is 1. The Morgan fingerprint density at radius 2 is 1.83 bits per heavy atom. The van der Waals surface area contributed by atoms with Crippen molar-refractivity contribution in [3.63, 3.8) is 0 Å². The summed E-state index contributed by atoms with van der Waals surface area (Å²) in [6.07, 6.45) is 0. The maximum Gasteiger partial charge on any atom is 0.325 e. The molecule has 0 aliphatic rings. The molecule has 0 aliphatic heterocycles. The standard InChI is InChI=1S/C15H7F3N4OS/c16-8-1-7(6-19)2-10(3-8)20-14(23)22-15-21-13-11(18)4-9(17)5-12(13)24-15/h1-5H,(H2,20,21,22,23). The Balaban J connectivity index is 1.79. The molecule has 2 amide bonds. The van der Waals surface area contributed by atoms with Gasteiger partial charge < -0.3 is 5.32 Å². The fraction of sp³-hybridized carbons (Fsp3) is 0. The second-order valence-corrected chi connectivity index (χ2v) is 5.70. The first-order chi connectivity index (χ1) is 11.4. The van der Waals surface area contributed by atoms with E-state index in [0.29, 0.717) is 6.07 Å². The van der Waals surface area contributed by atoms with Crippen LogP contribution in [-0.2, 0) is 0 Å². The third-order valence-corrected chi connectivity index (χ3v) is 3.84. The van der Waals surface area contributed by atoms with Crippen molar-refractivity contribution in [2.24, 2.45) is 0 Å². The van der Waals surface area contributed by atoms with Gasteiger partial charge in [-0.3, -0.25) is 5.32 Å². The minimum Gasteiger partial charge on any atom is -0.308 e. The second-order valence-electron chi connectivity index (χ2n) is 4.67. The SMILES string of the molecule is N#Cc1cc(F)cc(NC(=O)Nc2nc3c(F)cc(F)cc3s2)c1. The van der Waals surface area contributed by atoms with E-state index in [0.717, 1.165) is 29.5 Å². The van der Waals surface area contributed by atoms with Crippen LogP contribution in [0.3, 0.4) is 0 Å². The lowest BCUT2D eigenvalue weighted by Gasteiger charge is -2.05. The molecule has 2 N–H and O–H groups in total. The van der Waals surface area contributed by atoms with Crippen LogP contribution in [0.5, 0.6) is 0 Å². The molecule has 3 aromatic rings. The van der Waals surface area contributed by atoms with E-state index >= 15 is 0 Å². The van der Waals surface area contributed by atoms with E-state index in [2.05, 4.69) is 15.6 Å². The normalized spacial score (nSPS) is 10.4. The molecule has 0 spiro atoms. The smallest absolute Gasteiger partial charge is 0.308 e. The van der Waals surface area contributed by atoms with Gasteiger partial charge in [-0.05, 0) is 24.3 Å². The molecule has 1 aromatic heterocycles. The summed E-state index contributed by atoms with van der Waals surface area (Å²) >= 11 is 0.886. The molecule has 5 nitrogen and oxygen atoms in total. The Labute approximate surface area is 137 Å². The summed E-state index contributed by atoms with van der Waals surface area (Å²) in [7, 11) is 0. The molecular formula is C15H7F3N4OS. The van der Waals surface area contributed by atoms with Gasteiger partial charge in [-0.1, -0.05) is 11.3 Å². The number of nitriles is 1. The molecule has 0 unspecified atom stereocenters. The van der Waals surface area contributed by atoms with Crippen LogP contribution >= 0.6 is 11.3 Å². The molecule has 3 rings (SSSR count). The Kier molecular flexibility index (Phi) is 4.05. The van der Waals surface area contributed by atoms with Gasteiger partial charge in [-0.15, -0.1) is 0 Å². The number of halogens is 3. The van der Waals surface area contributed by atoms with Gasteiger partial charge in [0.25, 0.3) is 0 Å². The van der Waals surface area contributed by atoms with E-state index in [9.17, 15) is 18.0 Å². The van der Waals surface area contributed by atoms with Crippen molar-refractivity contribution in [2.45, 2.75) is 0 Å². The predicted molar refractivity (Wildman–Crippen MR) is 83.3 cm³/mol. The van der Waals surface area contributed by atoms with Gasteiger partial charge in [0.05, 0.1) is 16.3 Å². The molecule has 0 aliphatic carbocycles. The Morgan fingerprint density at radius 3 is 2.58 bits per heavy atom. The third-order valence-electron chi connectivity index (χ3n) is 2.92. The number of thiazole rings is 1. The second kappa shape index (κ2) is 6.17. The number of anilines is 2. The number of hydrogen-bond acceptors (Lipinski definition) is 4. The minimum absolute atomic E-state index is 0.0443. The average molecular weight is 348 g/mol. The van der Waals surface area contributed by atoms with Crippen LogP contribution < -0.4 is 10.6 Å². The van der Waals surface area contributed by atoms with Crippen molar-refractivity contribution in [1.82, 2.24) is 4.98 Å². The van der Waals surface area contributed by atoms with Gasteiger partial charge in [-0.25, -0.2) is 22.9 Å². The number of carbonyl (C=O) groups is 1. The largest absolute Gasteiger partial charge is 0.325 e. The number of benzene rings is 2. The topological polar surface area (TPSA) is 77.8 Å². The van der Waals surface area contributed by atoms with Crippen molar-refractivity contribution < 1.29 is 18.0 Å². The van der Waals surface area contributed by atoms with E-state index in [4.69, 9.17) is 5.26 Å². The zero-order chi connectivity index (χ0) is 17.3. The molecule has 0 saturated heterocycles. The van der Waals surface area contributed by atoms with Gasteiger partial charge in [0.1, 0.15) is 17.2 Å². The van der Waals surface area contributed by atoms with Crippen molar-refractivity contribution in [1.29, 1.82) is 5.26 Å². The maximum absolute atomic E-state index is 13.6. The number of aromatic nitrogens is 1. The van der Waals surface area contributed by atoms with Gasteiger partial charge in [0.2, 0.25) is 0 Å². The van der Waals surface area contributed by atoms with Crippen LogP contribution in [0.25, 0.3) is 10.2 Å². The van der Waals surface area contributed by atoms with Gasteiger partial charge >= 0.3 is 6.03 Å². The molecule has 0 bridgehead atoms. The Hall–Kier alpha value is -3.12. The first kappa shape index (κ1) is 15.8. The molecule has 0 saturated carbocycles. The first-order valence-electron chi connectivity index (χ1n) is 6.49. The number of amides is 2. The van der Waals surface area contributed by atoms with Crippen LogP contribution in [0, 0.1) is 28.8 Å². The van der Waals surface area contributed by atoms with Crippen LogP contribution in [0.4, 0.5) is 28.8 Å². The van der Waals surface area contributed by atoms with Crippen LogP contribution in [0.1, 0.15) is 5.56 Å². The summed E-state index contributed by atoms with van der Waals surface area (Å²) in [5.74, 6) is -2.26. The highest BCUT2D eigenvalue weighted by Gasteiger charge is 2.13. The zero-order valence-electron chi connectivity index (χ0n) is 11.7. The first-order valence-corrected chi connectivity index (χ1v) is 7.30. The number of rotatable bonds is 2. The number of nitrogens with zero attached hydrogens (tertiary/aromatic N) is 2. The maximum atomic E-state index is 13.6. The number of fused-ring (bicyclic) bond motifs is 1. The highest BCUT2D eigenvalue weighted by molar-refractivity contribution is 7.22. The van der Waals surface area contributed by atoms with Crippen molar-refractivity contribution in [3.8, 4) is 6.07 Å². The number of hydrogen-bond donors (Lipinski definition) is 2. The lowest BCUT2D eigenvalue weighted by atomic mass is 10.2. The van der Waals surface area contributed by atoms with E-state index < -0.39 is 23.5 Å². The highest BCUT2D eigenvalue weighted by atomic mass is 32.1. The monoisotopic (exact) mass is 348 g/mol. The van der Waals surface area contributed by atoms with E-state index in [1.54, 1.807) is 6.07 Å². The molecule has 1 heterocycles. The fourth-order valence-corrected chi connectivity index (χ4v) is 2.90. The van der Waals surface area contributed by atoms with Gasteiger partial charge in [0.15, 0.2) is 10.9 Å². The third kappa shape index (κ3) is 3.28. The summed E-state index contributed by atoms with van der Waals surface area (Å²) < 4.78 is 40.3. The molecular weight excluding hydrogens is 341 g/mol. The van der Waals surface area contributed by atoms with Gasteiger partial charge in [-0.2, -0.15) is 5.26 Å². The highest BCUT2D eigenvalue weighted by Crippen LogP contribution is 2.28. The summed E-state index contributed by atoms with van der Waals surface area (Å²) in [6.45, 7) is 0. The number of nitrogens with one attached hydrogen (secondary N) is 2. The fourth-order valence-electron chi connectivity index (χ4n) is 2.00. The van der Waals surface area contributed by atoms with Crippen LogP contribution in [0.2, 0.25) is 0 Å². The Bertz CT molecular complexity index is 996. The summed E-state index contributed by atoms with van der Waals surface area (Å²) in [5.41, 5.74) is 0.0550. The molecule has 9 heteroatoms. The molecule has 0 atom stereocenters. The lowest BCUT2D eigenvalue weighted by Crippen LogP contribution is -2.19. The van der Waals surface area contributed by atoms with Crippen molar-refractivity contribution >= 4 is 38.4 Å². The molecule has 0 fully saturated rings. The molecule has 2 aromatic carbocycles. The summed E-state index contributed by atoms with van der Waals surface area (Å²) in [4.78, 5) is 15.8. The number of carbonyl (C=O) groups excluding carboxylic acids is 1. The van der Waals surface area contributed by atoms with Gasteiger partial charge in [0, 0.05) is 11.8 Å². The van der Waals surface area contributed by atoms with E-state index in [1.165, 1.54) is 6.07 Å². The Morgan fingerprint density at radius 1 is 1.08 bits per heavy atom. The molecule has 120 valence electrons. The van der Waals surface area contributed by atoms with Crippen molar-refractivity contribution in [3.05, 3.63) is 53.3 Å². The van der Waals surface area contributed by atoms with Crippen LogP contribution in [0.15, 0.2) is 30.3 Å². The average Bonchev–Trinajstić information content (AvgIpc) is 2.88. The van der Waals surface area contributed by atoms with Crippen molar-refractivity contribution in [2.75, 3.05) is 10.6 Å². The minimum atomic E-state index is -0.835. The van der Waals surface area contributed by atoms with Crippen LogP contribution in [-0.4, -0.2) is 11.0 Å². The van der Waals surface area contributed by atoms with E-state index in [-0.39, 0.29) is 26.6 Å². The summed E-state index contributed by atoms with van der Waals surface area (Å²) in [5, 5.41) is 13.5. The lowest BCUT2D eigenvalue weighted by molar-refractivity contribution is 0.262. The quantitative estimate of drug-likeness (QED) is 0.727. The molecule has 0 radical (unpaired) electrons. The summed E-state index contributed by atoms with van der Waals surface area (Å²) in [6, 6.07) is 6.15. The predicted octanol–water partition coefficient (Wildman–Crippen LogP) is 4.23. The zero-order valence-corrected chi connectivity index (χ0v) is 12.5. The molecule has 24 heavy (non-hydrogen) atoms.